The molecule has 0 saturated heterocycles. The Morgan fingerprint density at radius 3 is 2.59 bits per heavy atom. The standard InChI is InChI=1S/C13H14N2O2/c1-9(13(16)17)15(14)12-8-4-6-10-5-2-3-7-11(10)12/h2-9H,14H2,1H3,(H,16,17)/t9-/m0/s1. The topological polar surface area (TPSA) is 66.6 Å². The summed E-state index contributed by atoms with van der Waals surface area (Å²) in [5, 5.41) is 12.2. The SMILES string of the molecule is C[C@@H](C(=O)O)N(N)c1cccc2ccccc12. The molecule has 0 radical (unpaired) electrons. The Hall–Kier alpha value is -2.07. The van der Waals surface area contributed by atoms with Crippen LogP contribution in [-0.2, 0) is 4.79 Å². The second kappa shape index (κ2) is 4.43. The van der Waals surface area contributed by atoms with Crippen LogP contribution in [0.1, 0.15) is 6.92 Å². The quantitative estimate of drug-likeness (QED) is 0.625. The molecule has 1 atom stereocenters. The van der Waals surface area contributed by atoms with Crippen LogP contribution >= 0.6 is 0 Å². The second-order valence-electron chi connectivity index (χ2n) is 3.92. The molecule has 17 heavy (non-hydrogen) atoms. The van der Waals surface area contributed by atoms with Crippen LogP contribution in [0.5, 0.6) is 0 Å². The molecule has 0 aromatic heterocycles. The number of aliphatic carboxylic acids is 1. The Morgan fingerprint density at radius 1 is 1.24 bits per heavy atom. The molecule has 88 valence electrons. The number of anilines is 1. The van der Waals surface area contributed by atoms with Crippen LogP contribution in [-0.4, -0.2) is 17.1 Å². The predicted molar refractivity (Wildman–Crippen MR) is 67.7 cm³/mol. The summed E-state index contributed by atoms with van der Waals surface area (Å²) >= 11 is 0. The fourth-order valence-corrected chi connectivity index (χ4v) is 1.76. The monoisotopic (exact) mass is 230 g/mol. The minimum Gasteiger partial charge on any atom is -0.480 e. The van der Waals surface area contributed by atoms with Crippen LogP contribution in [0.25, 0.3) is 10.8 Å². The van der Waals surface area contributed by atoms with Crippen molar-refractivity contribution in [2.75, 3.05) is 5.01 Å². The molecule has 0 aliphatic carbocycles. The summed E-state index contributed by atoms with van der Waals surface area (Å²) in [5.41, 5.74) is 0.720. The van der Waals surface area contributed by atoms with Gasteiger partial charge in [0.25, 0.3) is 0 Å². The van der Waals surface area contributed by atoms with E-state index in [-0.39, 0.29) is 0 Å². The summed E-state index contributed by atoms with van der Waals surface area (Å²) in [5.74, 6) is 4.91. The van der Waals surface area contributed by atoms with Gasteiger partial charge in [-0.15, -0.1) is 0 Å². The molecule has 0 unspecified atom stereocenters. The van der Waals surface area contributed by atoms with E-state index in [1.54, 1.807) is 6.92 Å². The number of hydrazine groups is 1. The zero-order valence-corrected chi connectivity index (χ0v) is 9.50. The lowest BCUT2D eigenvalue weighted by molar-refractivity contribution is -0.138. The Morgan fingerprint density at radius 2 is 1.88 bits per heavy atom. The lowest BCUT2D eigenvalue weighted by atomic mass is 10.1. The molecule has 0 saturated carbocycles. The third kappa shape index (κ3) is 2.07. The van der Waals surface area contributed by atoms with Crippen molar-refractivity contribution in [2.45, 2.75) is 13.0 Å². The summed E-state index contributed by atoms with van der Waals surface area (Å²) in [6, 6.07) is 12.6. The van der Waals surface area contributed by atoms with Crippen LogP contribution < -0.4 is 10.9 Å². The van der Waals surface area contributed by atoms with E-state index in [1.807, 2.05) is 42.5 Å². The van der Waals surface area contributed by atoms with Gasteiger partial charge in [0, 0.05) is 5.39 Å². The first-order valence-electron chi connectivity index (χ1n) is 5.36. The molecule has 3 N–H and O–H groups in total. The number of carboxylic acid groups (broad SMARTS) is 1. The van der Waals surface area contributed by atoms with Gasteiger partial charge >= 0.3 is 5.97 Å². The van der Waals surface area contributed by atoms with E-state index in [2.05, 4.69) is 0 Å². The van der Waals surface area contributed by atoms with Gasteiger partial charge in [-0.25, -0.2) is 10.6 Å². The van der Waals surface area contributed by atoms with E-state index in [4.69, 9.17) is 10.9 Å². The Kier molecular flexibility index (Phi) is 2.97. The van der Waals surface area contributed by atoms with Crippen molar-refractivity contribution >= 4 is 22.4 Å². The lowest BCUT2D eigenvalue weighted by Crippen LogP contribution is -2.44. The summed E-state index contributed by atoms with van der Waals surface area (Å²) in [6.45, 7) is 1.56. The van der Waals surface area contributed by atoms with E-state index >= 15 is 0 Å². The number of nitrogens with zero attached hydrogens (tertiary/aromatic N) is 1. The predicted octanol–water partition coefficient (Wildman–Crippen LogP) is 1.99. The Labute approximate surface area is 99.2 Å². The minimum absolute atomic E-state index is 0.720. The summed E-state index contributed by atoms with van der Waals surface area (Å²) in [6.07, 6.45) is 0. The fraction of sp³-hybridized carbons (Fsp3) is 0.154. The first-order valence-corrected chi connectivity index (χ1v) is 5.36. The normalized spacial score (nSPS) is 12.4. The van der Waals surface area contributed by atoms with E-state index in [9.17, 15) is 4.79 Å². The van der Waals surface area contributed by atoms with Crippen molar-refractivity contribution in [3.63, 3.8) is 0 Å². The second-order valence-corrected chi connectivity index (χ2v) is 3.92. The number of fused-ring (bicyclic) bond motifs is 1. The van der Waals surface area contributed by atoms with E-state index in [1.165, 1.54) is 5.01 Å². The average molecular weight is 230 g/mol. The van der Waals surface area contributed by atoms with Crippen LogP contribution in [0.3, 0.4) is 0 Å². The van der Waals surface area contributed by atoms with Crippen molar-refractivity contribution < 1.29 is 9.90 Å². The summed E-state index contributed by atoms with van der Waals surface area (Å²) in [7, 11) is 0. The molecule has 4 nitrogen and oxygen atoms in total. The number of carboxylic acids is 1. The van der Waals surface area contributed by atoms with Gasteiger partial charge in [-0.2, -0.15) is 0 Å². The molecule has 0 aliphatic heterocycles. The largest absolute Gasteiger partial charge is 0.480 e. The van der Waals surface area contributed by atoms with E-state index in [0.717, 1.165) is 16.5 Å². The van der Waals surface area contributed by atoms with Gasteiger partial charge in [0.15, 0.2) is 0 Å². The molecular formula is C13H14N2O2. The van der Waals surface area contributed by atoms with E-state index in [0.29, 0.717) is 0 Å². The highest BCUT2D eigenvalue weighted by atomic mass is 16.4. The molecular weight excluding hydrogens is 216 g/mol. The number of nitrogens with two attached hydrogens (primary N) is 1. The molecule has 0 spiro atoms. The Balaban J connectivity index is 2.52. The zero-order valence-electron chi connectivity index (χ0n) is 9.50. The van der Waals surface area contributed by atoms with Gasteiger partial charge in [-0.05, 0) is 18.4 Å². The fourth-order valence-electron chi connectivity index (χ4n) is 1.76. The maximum Gasteiger partial charge on any atom is 0.327 e. The molecule has 2 rings (SSSR count). The van der Waals surface area contributed by atoms with Crippen molar-refractivity contribution in [2.24, 2.45) is 5.84 Å². The van der Waals surface area contributed by atoms with Gasteiger partial charge in [0.05, 0.1) is 5.69 Å². The van der Waals surface area contributed by atoms with Crippen LogP contribution in [0, 0.1) is 0 Å². The third-order valence-electron chi connectivity index (χ3n) is 2.82. The lowest BCUT2D eigenvalue weighted by Gasteiger charge is -2.24. The van der Waals surface area contributed by atoms with Crippen molar-refractivity contribution in [3.8, 4) is 0 Å². The number of benzene rings is 2. The molecule has 0 fully saturated rings. The van der Waals surface area contributed by atoms with Gasteiger partial charge in [0.2, 0.25) is 0 Å². The molecule has 4 heteroatoms. The number of hydrogen-bond donors (Lipinski definition) is 2. The molecule has 0 amide bonds. The average Bonchev–Trinajstić information content (AvgIpc) is 2.36. The van der Waals surface area contributed by atoms with Crippen molar-refractivity contribution in [3.05, 3.63) is 42.5 Å². The molecule has 2 aromatic carbocycles. The Bertz CT molecular complexity index is 549. The van der Waals surface area contributed by atoms with Crippen LogP contribution in [0.2, 0.25) is 0 Å². The van der Waals surface area contributed by atoms with Crippen LogP contribution in [0.15, 0.2) is 42.5 Å². The zero-order chi connectivity index (χ0) is 12.4. The third-order valence-corrected chi connectivity index (χ3v) is 2.82. The molecule has 2 aromatic rings. The number of carbonyl (C=O) groups is 1. The maximum atomic E-state index is 10.9. The van der Waals surface area contributed by atoms with Gasteiger partial charge in [-0.3, -0.25) is 5.01 Å². The highest BCUT2D eigenvalue weighted by Gasteiger charge is 2.19. The summed E-state index contributed by atoms with van der Waals surface area (Å²) in [4.78, 5) is 10.9. The molecule has 0 heterocycles. The van der Waals surface area contributed by atoms with E-state index < -0.39 is 12.0 Å². The van der Waals surface area contributed by atoms with Crippen molar-refractivity contribution in [1.29, 1.82) is 0 Å². The number of hydrogen-bond acceptors (Lipinski definition) is 3. The van der Waals surface area contributed by atoms with Gasteiger partial charge in [0.1, 0.15) is 6.04 Å². The summed E-state index contributed by atoms with van der Waals surface area (Å²) < 4.78 is 0. The molecule has 0 bridgehead atoms. The van der Waals surface area contributed by atoms with Gasteiger partial charge < -0.3 is 5.11 Å². The number of rotatable bonds is 3. The van der Waals surface area contributed by atoms with Crippen LogP contribution in [0.4, 0.5) is 5.69 Å². The maximum absolute atomic E-state index is 10.9. The first kappa shape index (κ1) is 11.4. The molecule has 0 aliphatic rings. The minimum atomic E-state index is -0.944. The van der Waals surface area contributed by atoms with Crippen molar-refractivity contribution in [1.82, 2.24) is 0 Å². The highest BCUT2D eigenvalue weighted by Crippen LogP contribution is 2.26. The van der Waals surface area contributed by atoms with Gasteiger partial charge in [-0.1, -0.05) is 36.4 Å². The smallest absolute Gasteiger partial charge is 0.327 e. The highest BCUT2D eigenvalue weighted by molar-refractivity contribution is 5.95. The first-order chi connectivity index (χ1) is 8.11.